The van der Waals surface area contributed by atoms with Crippen LogP contribution < -0.4 is 0 Å². The molecule has 0 amide bonds. The fraction of sp³-hybridized carbons (Fsp3) is 0.850. The zero-order chi connectivity index (χ0) is 18.9. The summed E-state index contributed by atoms with van der Waals surface area (Å²) in [4.78, 5) is 13.3. The fourth-order valence-corrected chi connectivity index (χ4v) is 7.90. The molecule has 4 bridgehead atoms. The molecule has 9 atom stereocenters. The van der Waals surface area contributed by atoms with E-state index in [0.717, 1.165) is 6.42 Å². The van der Waals surface area contributed by atoms with Crippen LogP contribution in [-0.2, 0) is 9.53 Å². The third-order valence-electron chi connectivity index (χ3n) is 8.88. The maximum Gasteiger partial charge on any atom is 0.208 e. The minimum Gasteiger partial charge on any atom is -0.392 e. The van der Waals surface area contributed by atoms with Crippen molar-refractivity contribution in [3.8, 4) is 0 Å². The van der Waals surface area contributed by atoms with Crippen molar-refractivity contribution >= 4 is 5.78 Å². The van der Waals surface area contributed by atoms with E-state index < -0.39 is 58.5 Å². The van der Waals surface area contributed by atoms with E-state index in [1.807, 2.05) is 13.8 Å². The van der Waals surface area contributed by atoms with Gasteiger partial charge in [-0.05, 0) is 42.6 Å². The molecule has 0 aromatic heterocycles. The first-order valence-corrected chi connectivity index (χ1v) is 9.71. The van der Waals surface area contributed by atoms with Crippen LogP contribution in [0.5, 0.6) is 0 Å². The molecule has 2 unspecified atom stereocenters. The monoisotopic (exact) mass is 364 g/mol. The predicted molar refractivity (Wildman–Crippen MR) is 90.7 cm³/mol. The number of aliphatic hydroxyl groups is 4. The van der Waals surface area contributed by atoms with Crippen molar-refractivity contribution in [2.24, 2.45) is 34.0 Å². The number of carbonyl (C=O) groups is 1. The molecular weight excluding hydrogens is 336 g/mol. The molecule has 4 N–H and O–H groups in total. The Morgan fingerprint density at radius 2 is 1.81 bits per heavy atom. The topological polar surface area (TPSA) is 107 Å². The van der Waals surface area contributed by atoms with Gasteiger partial charge in [0.15, 0.2) is 5.78 Å². The third kappa shape index (κ3) is 1.41. The van der Waals surface area contributed by atoms with E-state index >= 15 is 0 Å². The van der Waals surface area contributed by atoms with Crippen LogP contribution in [-0.4, -0.2) is 56.9 Å². The third-order valence-corrected chi connectivity index (χ3v) is 8.88. The lowest BCUT2D eigenvalue weighted by atomic mass is 9.35. The first kappa shape index (κ1) is 17.3. The van der Waals surface area contributed by atoms with Gasteiger partial charge < -0.3 is 25.2 Å². The largest absolute Gasteiger partial charge is 0.392 e. The Hall–Kier alpha value is -0.790. The molecule has 4 saturated carbocycles. The summed E-state index contributed by atoms with van der Waals surface area (Å²) in [7, 11) is 0. The van der Waals surface area contributed by atoms with Crippen LogP contribution in [0.1, 0.15) is 39.5 Å². The maximum absolute atomic E-state index is 13.3. The maximum atomic E-state index is 13.3. The molecule has 2 heterocycles. The molecule has 2 spiro atoms. The van der Waals surface area contributed by atoms with Gasteiger partial charge in [-0.3, -0.25) is 4.79 Å². The lowest BCUT2D eigenvalue weighted by Crippen LogP contribution is -2.85. The Balaban J connectivity index is 1.81. The molecule has 26 heavy (non-hydrogen) atoms. The zero-order valence-electron chi connectivity index (χ0n) is 15.3. The summed E-state index contributed by atoms with van der Waals surface area (Å²) in [6, 6.07) is 0. The van der Waals surface area contributed by atoms with Gasteiger partial charge in [0.05, 0.1) is 18.8 Å². The number of carbonyl (C=O) groups excluding carboxylic acids is 1. The molecule has 144 valence electrons. The highest BCUT2D eigenvalue weighted by Gasteiger charge is 2.86. The average molecular weight is 364 g/mol. The molecule has 0 radical (unpaired) electrons. The Kier molecular flexibility index (Phi) is 3.07. The highest BCUT2D eigenvalue weighted by atomic mass is 16.6. The average Bonchev–Trinajstić information content (AvgIpc) is 2.69. The van der Waals surface area contributed by atoms with Crippen molar-refractivity contribution in [1.29, 1.82) is 0 Å². The smallest absolute Gasteiger partial charge is 0.208 e. The van der Waals surface area contributed by atoms with Gasteiger partial charge in [-0.2, -0.15) is 0 Å². The van der Waals surface area contributed by atoms with Crippen molar-refractivity contribution in [1.82, 2.24) is 0 Å². The second kappa shape index (κ2) is 4.61. The first-order chi connectivity index (χ1) is 12.1. The summed E-state index contributed by atoms with van der Waals surface area (Å²) in [5.74, 6) is -3.80. The second-order valence-electron chi connectivity index (χ2n) is 9.97. The summed E-state index contributed by atoms with van der Waals surface area (Å²) in [6.07, 6.45) is -0.747. The van der Waals surface area contributed by atoms with E-state index in [4.69, 9.17) is 4.74 Å². The number of hydrogen-bond donors (Lipinski definition) is 4. The fourth-order valence-electron chi connectivity index (χ4n) is 7.90. The summed E-state index contributed by atoms with van der Waals surface area (Å²) in [6.45, 7) is 8.07. The van der Waals surface area contributed by atoms with Gasteiger partial charge in [0.2, 0.25) is 5.79 Å². The zero-order valence-corrected chi connectivity index (χ0v) is 15.3. The summed E-state index contributed by atoms with van der Waals surface area (Å²) in [5.41, 5.74) is -2.49. The van der Waals surface area contributed by atoms with Crippen molar-refractivity contribution < 1.29 is 30.0 Å². The minimum atomic E-state index is -2.15. The summed E-state index contributed by atoms with van der Waals surface area (Å²) >= 11 is 0. The van der Waals surface area contributed by atoms with Gasteiger partial charge in [0, 0.05) is 17.3 Å². The number of rotatable bonds is 0. The van der Waals surface area contributed by atoms with Crippen LogP contribution in [0.2, 0.25) is 0 Å². The van der Waals surface area contributed by atoms with E-state index in [1.165, 1.54) is 0 Å². The highest BCUT2D eigenvalue weighted by molar-refractivity contribution is 6.05. The lowest BCUT2D eigenvalue weighted by Gasteiger charge is -2.74. The van der Waals surface area contributed by atoms with Crippen LogP contribution in [0.15, 0.2) is 12.2 Å². The van der Waals surface area contributed by atoms with E-state index in [2.05, 4.69) is 6.58 Å². The van der Waals surface area contributed by atoms with E-state index in [-0.39, 0.29) is 12.0 Å². The Morgan fingerprint density at radius 3 is 2.50 bits per heavy atom. The molecule has 2 saturated heterocycles. The van der Waals surface area contributed by atoms with Gasteiger partial charge in [-0.15, -0.1) is 0 Å². The summed E-state index contributed by atoms with van der Waals surface area (Å²) in [5, 5.41) is 45.1. The molecule has 6 nitrogen and oxygen atoms in total. The molecular formula is C20H28O6. The van der Waals surface area contributed by atoms with Crippen LogP contribution in [0.4, 0.5) is 0 Å². The summed E-state index contributed by atoms with van der Waals surface area (Å²) < 4.78 is 5.80. The Bertz CT molecular complexity index is 717. The standard InChI is InChI=1S/C20H28O6/c1-9-10-4-5-11-18-8-26-20(25,19(11,14(9)22)15(10)23)16(24)13(18)17(2,3)7-6-12(18)21/h10-13,15-16,21,23-25H,1,4-8H2,2-3H3/t10-,11?,12-,13?,15+,16-,18+,19-,20-/m0/s1. The van der Waals surface area contributed by atoms with Crippen LogP contribution in [0.3, 0.4) is 0 Å². The molecule has 6 fully saturated rings. The Labute approximate surface area is 152 Å². The van der Waals surface area contributed by atoms with Crippen molar-refractivity contribution in [3.63, 3.8) is 0 Å². The number of Topliss-reactive ketones (excluding diaryl/α,β-unsaturated/α-hetero) is 1. The number of aliphatic hydroxyl groups excluding tert-OH is 3. The van der Waals surface area contributed by atoms with Gasteiger partial charge in [-0.25, -0.2) is 0 Å². The van der Waals surface area contributed by atoms with Crippen LogP contribution >= 0.6 is 0 Å². The number of ether oxygens (including phenoxy) is 1. The van der Waals surface area contributed by atoms with Gasteiger partial charge in [0.25, 0.3) is 0 Å². The molecule has 0 aromatic rings. The van der Waals surface area contributed by atoms with Crippen molar-refractivity contribution in [2.45, 2.75) is 63.6 Å². The van der Waals surface area contributed by atoms with Crippen LogP contribution in [0.25, 0.3) is 0 Å². The van der Waals surface area contributed by atoms with Gasteiger partial charge in [-0.1, -0.05) is 20.4 Å². The second-order valence-corrected chi connectivity index (χ2v) is 9.97. The first-order valence-electron chi connectivity index (χ1n) is 9.71. The lowest BCUT2D eigenvalue weighted by molar-refractivity contribution is -0.458. The quantitative estimate of drug-likeness (QED) is 0.463. The van der Waals surface area contributed by atoms with Gasteiger partial charge >= 0.3 is 0 Å². The number of fused-ring (bicyclic) bond motifs is 2. The number of ketones is 1. The van der Waals surface area contributed by atoms with E-state index in [9.17, 15) is 25.2 Å². The predicted octanol–water partition coefficient (Wildman–Crippen LogP) is 0.376. The molecule has 2 aliphatic heterocycles. The SMILES string of the molecule is C=C1C(=O)[C@@]23C(CC[C@@H]1[C@H]2O)[C@@]12CO[C@@]3(O)[C@@H](O)C1C(C)(C)CC[C@@H]2O. The van der Waals surface area contributed by atoms with Crippen molar-refractivity contribution in [3.05, 3.63) is 12.2 Å². The van der Waals surface area contributed by atoms with Crippen LogP contribution in [0, 0.1) is 34.0 Å². The highest BCUT2D eigenvalue weighted by Crippen LogP contribution is 2.76. The molecule has 6 rings (SSSR count). The Morgan fingerprint density at radius 1 is 1.12 bits per heavy atom. The molecule has 6 heteroatoms. The van der Waals surface area contributed by atoms with Gasteiger partial charge in [0.1, 0.15) is 11.5 Å². The molecule has 0 aromatic carbocycles. The number of hydrogen-bond acceptors (Lipinski definition) is 6. The van der Waals surface area contributed by atoms with E-state index in [0.29, 0.717) is 24.8 Å². The molecule has 4 aliphatic carbocycles. The molecule has 6 aliphatic rings. The van der Waals surface area contributed by atoms with E-state index in [1.54, 1.807) is 0 Å². The minimum absolute atomic E-state index is 0.0966. The normalized spacial score (nSPS) is 59.9. The van der Waals surface area contributed by atoms with Crippen molar-refractivity contribution in [2.75, 3.05) is 6.61 Å².